The molecular weight excluding hydrogens is 272 g/mol. The number of hydrogen-bond donors (Lipinski definition) is 1. The lowest BCUT2D eigenvalue weighted by Crippen LogP contribution is -1.97. The number of benzene rings is 3. The Kier molecular flexibility index (Phi) is 4.52. The van der Waals surface area contributed by atoms with Crippen LogP contribution < -0.4 is 4.74 Å². The van der Waals surface area contributed by atoms with Gasteiger partial charge in [0.2, 0.25) is 0 Å². The van der Waals surface area contributed by atoms with Gasteiger partial charge in [-0.15, -0.1) is 0 Å². The molecule has 0 radical (unpaired) electrons. The van der Waals surface area contributed by atoms with Crippen molar-refractivity contribution in [1.82, 2.24) is 0 Å². The quantitative estimate of drug-likeness (QED) is 0.753. The van der Waals surface area contributed by atoms with Crippen LogP contribution >= 0.6 is 0 Å². The van der Waals surface area contributed by atoms with E-state index in [-0.39, 0.29) is 6.61 Å². The Bertz CT molecular complexity index is 735. The van der Waals surface area contributed by atoms with Gasteiger partial charge in [-0.2, -0.15) is 0 Å². The molecule has 0 saturated carbocycles. The Labute approximate surface area is 130 Å². The summed E-state index contributed by atoms with van der Waals surface area (Å²) in [5.74, 6) is 0.849. The van der Waals surface area contributed by atoms with Gasteiger partial charge < -0.3 is 9.84 Å². The van der Waals surface area contributed by atoms with Crippen molar-refractivity contribution in [3.05, 3.63) is 90.0 Å². The average molecular weight is 290 g/mol. The van der Waals surface area contributed by atoms with Crippen molar-refractivity contribution in [3.63, 3.8) is 0 Å². The summed E-state index contributed by atoms with van der Waals surface area (Å²) in [5, 5.41) is 9.30. The minimum absolute atomic E-state index is 0.0425. The normalized spacial score (nSPS) is 10.4. The Morgan fingerprint density at radius 3 is 2.27 bits per heavy atom. The van der Waals surface area contributed by atoms with Crippen LogP contribution in [0.15, 0.2) is 78.9 Å². The molecule has 0 heterocycles. The largest absolute Gasteiger partial charge is 0.488 e. The van der Waals surface area contributed by atoms with Crippen LogP contribution in [0.25, 0.3) is 11.1 Å². The van der Waals surface area contributed by atoms with E-state index in [0.29, 0.717) is 6.61 Å². The molecule has 2 nitrogen and oxygen atoms in total. The molecule has 0 spiro atoms. The van der Waals surface area contributed by atoms with Crippen LogP contribution in [0.2, 0.25) is 0 Å². The lowest BCUT2D eigenvalue weighted by molar-refractivity contribution is 0.282. The molecule has 0 bridgehead atoms. The smallest absolute Gasteiger partial charge is 0.127 e. The van der Waals surface area contributed by atoms with Crippen molar-refractivity contribution in [2.75, 3.05) is 0 Å². The maximum atomic E-state index is 9.30. The summed E-state index contributed by atoms with van der Waals surface area (Å²) in [6, 6.07) is 26.0. The molecule has 110 valence electrons. The zero-order chi connectivity index (χ0) is 15.2. The number of ether oxygens (including phenoxy) is 1. The highest BCUT2D eigenvalue weighted by molar-refractivity contribution is 5.70. The molecule has 0 aliphatic carbocycles. The third kappa shape index (κ3) is 3.35. The van der Waals surface area contributed by atoms with Gasteiger partial charge in [-0.3, -0.25) is 0 Å². The van der Waals surface area contributed by atoms with Gasteiger partial charge in [0.15, 0.2) is 0 Å². The predicted octanol–water partition coefficient (Wildman–Crippen LogP) is 4.42. The molecule has 0 unspecified atom stereocenters. The van der Waals surface area contributed by atoms with Gasteiger partial charge in [-0.1, -0.05) is 66.7 Å². The minimum Gasteiger partial charge on any atom is -0.488 e. The van der Waals surface area contributed by atoms with Crippen molar-refractivity contribution >= 4 is 0 Å². The first-order valence-electron chi connectivity index (χ1n) is 7.33. The highest BCUT2D eigenvalue weighted by Gasteiger charge is 2.06. The van der Waals surface area contributed by atoms with Crippen molar-refractivity contribution in [2.45, 2.75) is 13.2 Å². The molecular formula is C20H18O2. The third-order valence-corrected chi connectivity index (χ3v) is 3.54. The molecule has 0 saturated heterocycles. The SMILES string of the molecule is OCc1cccc(-c2ccccc2OCc2ccccc2)c1. The Balaban J connectivity index is 1.86. The summed E-state index contributed by atoms with van der Waals surface area (Å²) in [6.45, 7) is 0.582. The zero-order valence-corrected chi connectivity index (χ0v) is 12.3. The van der Waals surface area contributed by atoms with Gasteiger partial charge in [-0.25, -0.2) is 0 Å². The van der Waals surface area contributed by atoms with Gasteiger partial charge in [-0.05, 0) is 28.8 Å². The molecule has 1 N–H and O–H groups in total. The Hall–Kier alpha value is -2.58. The molecule has 0 amide bonds. The fourth-order valence-corrected chi connectivity index (χ4v) is 2.40. The first kappa shape index (κ1) is 14.4. The summed E-state index contributed by atoms with van der Waals surface area (Å²) >= 11 is 0. The van der Waals surface area contributed by atoms with E-state index in [1.54, 1.807) is 0 Å². The first-order valence-corrected chi connectivity index (χ1v) is 7.33. The van der Waals surface area contributed by atoms with Gasteiger partial charge in [0.25, 0.3) is 0 Å². The van der Waals surface area contributed by atoms with Crippen LogP contribution in [-0.2, 0) is 13.2 Å². The summed E-state index contributed by atoms with van der Waals surface area (Å²) in [5.41, 5.74) is 4.13. The highest BCUT2D eigenvalue weighted by Crippen LogP contribution is 2.30. The Morgan fingerprint density at radius 2 is 1.45 bits per heavy atom. The lowest BCUT2D eigenvalue weighted by atomic mass is 10.0. The van der Waals surface area contributed by atoms with E-state index in [4.69, 9.17) is 4.74 Å². The van der Waals surface area contributed by atoms with Crippen molar-refractivity contribution in [2.24, 2.45) is 0 Å². The number of aliphatic hydroxyl groups excluding tert-OH is 1. The molecule has 0 aliphatic heterocycles. The maximum absolute atomic E-state index is 9.30. The zero-order valence-electron chi connectivity index (χ0n) is 12.3. The second-order valence-electron chi connectivity index (χ2n) is 5.13. The molecule has 22 heavy (non-hydrogen) atoms. The van der Waals surface area contributed by atoms with E-state index in [9.17, 15) is 5.11 Å². The predicted molar refractivity (Wildman–Crippen MR) is 88.6 cm³/mol. The van der Waals surface area contributed by atoms with Crippen LogP contribution in [0, 0.1) is 0 Å². The summed E-state index contributed by atoms with van der Waals surface area (Å²) < 4.78 is 5.99. The molecule has 0 fully saturated rings. The molecule has 0 atom stereocenters. The average Bonchev–Trinajstić information content (AvgIpc) is 2.61. The monoisotopic (exact) mass is 290 g/mol. The summed E-state index contributed by atoms with van der Waals surface area (Å²) in [7, 11) is 0. The van der Waals surface area contributed by atoms with Gasteiger partial charge in [0, 0.05) is 5.56 Å². The van der Waals surface area contributed by atoms with Crippen LogP contribution in [-0.4, -0.2) is 5.11 Å². The third-order valence-electron chi connectivity index (χ3n) is 3.54. The van der Waals surface area contributed by atoms with E-state index in [1.165, 1.54) is 0 Å². The second kappa shape index (κ2) is 6.92. The molecule has 0 aliphatic rings. The molecule has 2 heteroatoms. The molecule has 3 aromatic rings. The highest BCUT2D eigenvalue weighted by atomic mass is 16.5. The fourth-order valence-electron chi connectivity index (χ4n) is 2.40. The minimum atomic E-state index is 0.0425. The number of aliphatic hydroxyl groups is 1. The molecule has 3 rings (SSSR count). The first-order chi connectivity index (χ1) is 10.9. The number of hydrogen-bond acceptors (Lipinski definition) is 2. The van der Waals surface area contributed by atoms with Crippen LogP contribution in [0.1, 0.15) is 11.1 Å². The molecule has 3 aromatic carbocycles. The van der Waals surface area contributed by atoms with Crippen LogP contribution in [0.5, 0.6) is 5.75 Å². The van der Waals surface area contributed by atoms with Gasteiger partial charge in [0.1, 0.15) is 12.4 Å². The number of para-hydroxylation sites is 1. The van der Waals surface area contributed by atoms with Gasteiger partial charge >= 0.3 is 0 Å². The van der Waals surface area contributed by atoms with Crippen molar-refractivity contribution < 1.29 is 9.84 Å². The van der Waals surface area contributed by atoms with E-state index >= 15 is 0 Å². The van der Waals surface area contributed by atoms with E-state index < -0.39 is 0 Å². The fraction of sp³-hybridized carbons (Fsp3) is 0.100. The van der Waals surface area contributed by atoms with E-state index in [2.05, 4.69) is 12.1 Å². The molecule has 0 aromatic heterocycles. The topological polar surface area (TPSA) is 29.5 Å². The summed E-state index contributed by atoms with van der Waals surface area (Å²) in [4.78, 5) is 0. The number of rotatable bonds is 5. The van der Waals surface area contributed by atoms with Crippen molar-refractivity contribution in [3.8, 4) is 16.9 Å². The van der Waals surface area contributed by atoms with Crippen molar-refractivity contribution in [1.29, 1.82) is 0 Å². The lowest BCUT2D eigenvalue weighted by Gasteiger charge is -2.12. The van der Waals surface area contributed by atoms with E-state index in [1.807, 2.05) is 66.7 Å². The van der Waals surface area contributed by atoms with Crippen LogP contribution in [0.4, 0.5) is 0 Å². The maximum Gasteiger partial charge on any atom is 0.127 e. The summed E-state index contributed by atoms with van der Waals surface area (Å²) in [6.07, 6.45) is 0. The Morgan fingerprint density at radius 1 is 0.727 bits per heavy atom. The standard InChI is InChI=1S/C20H18O2/c21-14-17-9-6-10-18(13-17)19-11-4-5-12-20(19)22-15-16-7-2-1-3-8-16/h1-13,21H,14-15H2. The van der Waals surface area contributed by atoms with Gasteiger partial charge in [0.05, 0.1) is 6.61 Å². The van der Waals surface area contributed by atoms with Crippen LogP contribution in [0.3, 0.4) is 0 Å². The second-order valence-corrected chi connectivity index (χ2v) is 5.13. The van der Waals surface area contributed by atoms with E-state index in [0.717, 1.165) is 28.0 Å².